The molecule has 4 rings (SSSR count). The highest BCUT2D eigenvalue weighted by atomic mass is 32.2. The van der Waals surface area contributed by atoms with E-state index in [1.54, 1.807) is 16.7 Å². The fraction of sp³-hybridized carbons (Fsp3) is 0.500. The van der Waals surface area contributed by atoms with E-state index in [9.17, 15) is 9.59 Å². The van der Waals surface area contributed by atoms with Gasteiger partial charge in [-0.05, 0) is 32.4 Å². The summed E-state index contributed by atoms with van der Waals surface area (Å²) in [6.45, 7) is 5.31. The van der Waals surface area contributed by atoms with Gasteiger partial charge in [0.15, 0.2) is 0 Å². The zero-order valence-corrected chi connectivity index (χ0v) is 15.3. The topological polar surface area (TPSA) is 67.2 Å². The van der Waals surface area contributed by atoms with Crippen LogP contribution in [-0.4, -0.2) is 42.9 Å². The Hall–Kier alpha value is -2.02. The Labute approximate surface area is 151 Å². The first-order valence-electron chi connectivity index (χ1n) is 8.71. The van der Waals surface area contributed by atoms with Crippen LogP contribution < -0.4 is 5.32 Å². The first kappa shape index (κ1) is 16.4. The van der Waals surface area contributed by atoms with E-state index < -0.39 is 0 Å². The number of hydrogen-bond donors (Lipinski definition) is 1. The molecule has 0 aliphatic carbocycles. The number of hydrogen-bond acceptors (Lipinski definition) is 4. The number of carbonyl (C=O) groups is 2. The molecule has 2 atom stereocenters. The molecule has 25 heavy (non-hydrogen) atoms. The largest absolute Gasteiger partial charge is 0.347 e. The normalized spacial score (nSPS) is 25.6. The van der Waals surface area contributed by atoms with Crippen LogP contribution in [0, 0.1) is 0 Å². The quantitative estimate of drug-likeness (QED) is 0.909. The summed E-state index contributed by atoms with van der Waals surface area (Å²) in [6.07, 6.45) is 1.37. The van der Waals surface area contributed by atoms with E-state index in [4.69, 9.17) is 0 Å². The molecule has 2 fully saturated rings. The predicted molar refractivity (Wildman–Crippen MR) is 98.0 cm³/mol. The molecule has 0 spiro atoms. The van der Waals surface area contributed by atoms with Crippen LogP contribution in [0.4, 0.5) is 0 Å². The van der Waals surface area contributed by atoms with Gasteiger partial charge in [-0.1, -0.05) is 12.1 Å². The number of aryl methyl sites for hydroxylation is 1. The van der Waals surface area contributed by atoms with Crippen molar-refractivity contribution in [2.24, 2.45) is 0 Å². The molecular formula is C18H22N4O2S. The summed E-state index contributed by atoms with van der Waals surface area (Å²) < 4.78 is 2.12. The fourth-order valence-corrected chi connectivity index (χ4v) is 5.34. The van der Waals surface area contributed by atoms with E-state index in [2.05, 4.69) is 28.7 Å². The highest BCUT2D eigenvalue weighted by Crippen LogP contribution is 2.47. The second-order valence-electron chi connectivity index (χ2n) is 6.74. The molecule has 3 heterocycles. The lowest BCUT2D eigenvalue weighted by Gasteiger charge is -2.29. The molecule has 2 aromatic rings. The van der Waals surface area contributed by atoms with E-state index in [0.29, 0.717) is 18.7 Å². The SMILES string of the molecule is CCn1c(CNC(=O)[C@@H]2CS[C@]3(C)CCC(=O)N23)nc2ccccc21. The van der Waals surface area contributed by atoms with Crippen LogP contribution in [0.2, 0.25) is 0 Å². The van der Waals surface area contributed by atoms with Crippen molar-refractivity contribution in [3.63, 3.8) is 0 Å². The number of para-hydroxylation sites is 2. The summed E-state index contributed by atoms with van der Waals surface area (Å²) in [6, 6.07) is 7.61. The van der Waals surface area contributed by atoms with E-state index in [1.807, 2.05) is 24.3 Å². The molecule has 2 saturated heterocycles. The minimum Gasteiger partial charge on any atom is -0.347 e. The standard InChI is InChI=1S/C18H22N4O2S/c1-3-21-13-7-5-4-6-12(13)20-15(21)10-19-17(24)14-11-25-18(2)9-8-16(23)22(14)18/h4-7,14H,3,8-11H2,1-2H3,(H,19,24)/t14-,18+/m0/s1. The van der Waals surface area contributed by atoms with Gasteiger partial charge in [-0.2, -0.15) is 0 Å². The van der Waals surface area contributed by atoms with Crippen LogP contribution >= 0.6 is 11.8 Å². The second kappa shape index (κ2) is 6.05. The summed E-state index contributed by atoms with van der Waals surface area (Å²) >= 11 is 1.71. The van der Waals surface area contributed by atoms with Gasteiger partial charge in [-0.3, -0.25) is 9.59 Å². The van der Waals surface area contributed by atoms with Crippen molar-refractivity contribution in [3.8, 4) is 0 Å². The van der Waals surface area contributed by atoms with E-state index >= 15 is 0 Å². The first-order chi connectivity index (χ1) is 12.0. The molecule has 6 nitrogen and oxygen atoms in total. The summed E-state index contributed by atoms with van der Waals surface area (Å²) in [5.41, 5.74) is 2.01. The average molecular weight is 358 g/mol. The maximum absolute atomic E-state index is 12.7. The first-order valence-corrected chi connectivity index (χ1v) is 9.70. The van der Waals surface area contributed by atoms with E-state index in [0.717, 1.165) is 29.8 Å². The van der Waals surface area contributed by atoms with E-state index in [-0.39, 0.29) is 22.7 Å². The van der Waals surface area contributed by atoms with Crippen molar-refractivity contribution in [2.75, 3.05) is 5.75 Å². The van der Waals surface area contributed by atoms with Crippen LogP contribution in [0.3, 0.4) is 0 Å². The minimum atomic E-state index is -0.371. The highest BCUT2D eigenvalue weighted by molar-refractivity contribution is 8.01. The van der Waals surface area contributed by atoms with Crippen LogP contribution in [-0.2, 0) is 22.7 Å². The highest BCUT2D eigenvalue weighted by Gasteiger charge is 2.52. The zero-order valence-electron chi connectivity index (χ0n) is 14.5. The molecule has 0 radical (unpaired) electrons. The molecule has 0 saturated carbocycles. The summed E-state index contributed by atoms with van der Waals surface area (Å²) in [5.74, 6) is 1.52. The van der Waals surface area contributed by atoms with Gasteiger partial charge in [-0.15, -0.1) is 11.8 Å². The third-order valence-electron chi connectivity index (χ3n) is 5.22. The number of carbonyl (C=O) groups excluding carboxylic acids is 2. The second-order valence-corrected chi connectivity index (χ2v) is 8.25. The van der Waals surface area contributed by atoms with Crippen LogP contribution in [0.5, 0.6) is 0 Å². The van der Waals surface area contributed by atoms with Crippen molar-refractivity contribution in [3.05, 3.63) is 30.1 Å². The Morgan fingerprint density at radius 1 is 1.44 bits per heavy atom. The van der Waals surface area contributed by atoms with Gasteiger partial charge in [0, 0.05) is 18.7 Å². The molecule has 132 valence electrons. The number of nitrogens with one attached hydrogen (secondary N) is 1. The number of aromatic nitrogens is 2. The van der Waals surface area contributed by atoms with Gasteiger partial charge in [0.25, 0.3) is 0 Å². The van der Waals surface area contributed by atoms with Gasteiger partial charge in [-0.25, -0.2) is 4.98 Å². The number of imidazole rings is 1. The summed E-state index contributed by atoms with van der Waals surface area (Å²) in [4.78, 5) is 31.1. The predicted octanol–water partition coefficient (Wildman–Crippen LogP) is 2.13. The lowest BCUT2D eigenvalue weighted by atomic mass is 10.2. The summed E-state index contributed by atoms with van der Waals surface area (Å²) in [5, 5.41) is 3.00. The Morgan fingerprint density at radius 2 is 2.24 bits per heavy atom. The smallest absolute Gasteiger partial charge is 0.244 e. The molecule has 1 N–H and O–H groups in total. The number of amides is 2. The maximum atomic E-state index is 12.7. The van der Waals surface area contributed by atoms with Gasteiger partial charge < -0.3 is 14.8 Å². The third-order valence-corrected chi connectivity index (χ3v) is 6.72. The molecule has 2 amide bonds. The lowest BCUT2D eigenvalue weighted by Crippen LogP contribution is -2.50. The van der Waals surface area contributed by atoms with Gasteiger partial charge in [0.1, 0.15) is 11.9 Å². The number of rotatable bonds is 4. The van der Waals surface area contributed by atoms with Crippen LogP contribution in [0.1, 0.15) is 32.5 Å². The molecule has 0 bridgehead atoms. The Kier molecular flexibility index (Phi) is 3.98. The zero-order chi connectivity index (χ0) is 17.6. The van der Waals surface area contributed by atoms with Gasteiger partial charge >= 0.3 is 0 Å². The van der Waals surface area contributed by atoms with Gasteiger partial charge in [0.05, 0.1) is 22.4 Å². The van der Waals surface area contributed by atoms with Crippen molar-refractivity contribution in [2.45, 2.75) is 50.7 Å². The molecule has 2 aliphatic heterocycles. The Balaban J connectivity index is 1.50. The molecule has 0 unspecified atom stereocenters. The number of thioether (sulfide) groups is 1. The molecule has 2 aliphatic rings. The Morgan fingerprint density at radius 3 is 3.04 bits per heavy atom. The fourth-order valence-electron chi connectivity index (χ4n) is 3.91. The molecular weight excluding hydrogens is 336 g/mol. The monoisotopic (exact) mass is 358 g/mol. The van der Waals surface area contributed by atoms with Crippen molar-refractivity contribution >= 4 is 34.6 Å². The van der Waals surface area contributed by atoms with Gasteiger partial charge in [0.2, 0.25) is 11.8 Å². The summed E-state index contributed by atoms with van der Waals surface area (Å²) in [7, 11) is 0. The number of benzene rings is 1. The van der Waals surface area contributed by atoms with Crippen molar-refractivity contribution < 1.29 is 9.59 Å². The third kappa shape index (κ3) is 2.61. The van der Waals surface area contributed by atoms with Crippen LogP contribution in [0.25, 0.3) is 11.0 Å². The number of nitrogens with zero attached hydrogens (tertiary/aromatic N) is 3. The molecule has 1 aromatic heterocycles. The van der Waals surface area contributed by atoms with Crippen LogP contribution in [0.15, 0.2) is 24.3 Å². The molecule has 7 heteroatoms. The van der Waals surface area contributed by atoms with Crippen molar-refractivity contribution in [1.82, 2.24) is 19.8 Å². The minimum absolute atomic E-state index is 0.0822. The lowest BCUT2D eigenvalue weighted by molar-refractivity contribution is -0.138. The number of fused-ring (bicyclic) bond motifs is 2. The van der Waals surface area contributed by atoms with Crippen molar-refractivity contribution in [1.29, 1.82) is 0 Å². The molecule has 1 aromatic carbocycles. The maximum Gasteiger partial charge on any atom is 0.244 e. The van der Waals surface area contributed by atoms with E-state index in [1.165, 1.54) is 0 Å². The average Bonchev–Trinajstić information content (AvgIpc) is 3.23. The Bertz CT molecular complexity index is 849.